The molecule has 0 spiro atoms. The second-order valence-electron chi connectivity index (χ2n) is 8.02. The molecule has 2 heterocycles. The van der Waals surface area contributed by atoms with Crippen molar-refractivity contribution in [3.05, 3.63) is 65.3 Å². The number of ether oxygens (including phenoxy) is 1. The van der Waals surface area contributed by atoms with Gasteiger partial charge in [0.15, 0.2) is 0 Å². The normalized spacial score (nSPS) is 16.3. The van der Waals surface area contributed by atoms with E-state index >= 15 is 0 Å². The van der Waals surface area contributed by atoms with E-state index < -0.39 is 0 Å². The fourth-order valence-corrected chi connectivity index (χ4v) is 3.84. The summed E-state index contributed by atoms with van der Waals surface area (Å²) in [5.74, 6) is 0.874. The number of nitrogens with zero attached hydrogens (tertiary/aromatic N) is 5. The predicted octanol–water partition coefficient (Wildman–Crippen LogP) is 2.28. The van der Waals surface area contributed by atoms with Crippen molar-refractivity contribution in [2.24, 2.45) is 5.73 Å². The van der Waals surface area contributed by atoms with Crippen LogP contribution in [0.3, 0.4) is 0 Å². The van der Waals surface area contributed by atoms with Crippen LogP contribution < -0.4 is 26.0 Å². The zero-order chi connectivity index (χ0) is 22.0. The fourth-order valence-electron chi connectivity index (χ4n) is 3.84. The first kappa shape index (κ1) is 21.0. The zero-order valence-corrected chi connectivity index (χ0v) is 18.3. The van der Waals surface area contributed by atoms with Gasteiger partial charge in [0.25, 0.3) is 0 Å². The maximum absolute atomic E-state index is 12.7. The van der Waals surface area contributed by atoms with Crippen LogP contribution >= 0.6 is 0 Å². The van der Waals surface area contributed by atoms with Gasteiger partial charge < -0.3 is 20.3 Å². The van der Waals surface area contributed by atoms with E-state index in [1.807, 2.05) is 38.1 Å². The van der Waals surface area contributed by atoms with Gasteiger partial charge in [-0.25, -0.2) is 14.0 Å². The maximum atomic E-state index is 12.7. The van der Waals surface area contributed by atoms with Gasteiger partial charge in [-0.1, -0.05) is 0 Å². The van der Waals surface area contributed by atoms with Gasteiger partial charge in [-0.3, -0.25) is 0 Å². The number of aromatic nitrogens is 3. The van der Waals surface area contributed by atoms with E-state index in [1.165, 1.54) is 10.4 Å². The molecule has 2 N–H and O–H groups in total. The molecule has 1 aliphatic rings. The van der Waals surface area contributed by atoms with Crippen LogP contribution in [0.5, 0.6) is 5.75 Å². The van der Waals surface area contributed by atoms with Crippen molar-refractivity contribution in [1.29, 1.82) is 0 Å². The number of methoxy groups -OCH3 is 1. The van der Waals surface area contributed by atoms with E-state index in [1.54, 1.807) is 18.0 Å². The Morgan fingerprint density at radius 1 is 0.871 bits per heavy atom. The summed E-state index contributed by atoms with van der Waals surface area (Å²) in [7, 11) is 1.68. The zero-order valence-electron chi connectivity index (χ0n) is 18.3. The Hall–Kier alpha value is -3.26. The molecule has 8 heteroatoms. The third-order valence-corrected chi connectivity index (χ3v) is 6.05. The van der Waals surface area contributed by atoms with Gasteiger partial charge in [-0.15, -0.1) is 0 Å². The molecule has 3 aromatic rings. The molecule has 0 unspecified atom stereocenters. The second kappa shape index (κ2) is 8.85. The molecule has 0 radical (unpaired) electrons. The Morgan fingerprint density at radius 2 is 1.35 bits per heavy atom. The van der Waals surface area contributed by atoms with Gasteiger partial charge in [-0.05, 0) is 62.4 Å². The van der Waals surface area contributed by atoms with Crippen molar-refractivity contribution in [3.63, 3.8) is 0 Å². The van der Waals surface area contributed by atoms with Crippen LogP contribution in [0, 0.1) is 0 Å². The number of piperazine rings is 1. The summed E-state index contributed by atoms with van der Waals surface area (Å²) in [5, 5.41) is 4.24. The smallest absolute Gasteiger partial charge is 0.350 e. The molecular weight excluding hydrogens is 392 g/mol. The molecule has 0 aliphatic carbocycles. The largest absolute Gasteiger partial charge is 0.497 e. The summed E-state index contributed by atoms with van der Waals surface area (Å²) >= 11 is 0. The molecule has 0 bridgehead atoms. The lowest BCUT2D eigenvalue weighted by Crippen LogP contribution is -2.46. The third kappa shape index (κ3) is 4.29. The van der Waals surface area contributed by atoms with E-state index in [9.17, 15) is 4.79 Å². The van der Waals surface area contributed by atoms with Crippen molar-refractivity contribution in [2.75, 3.05) is 43.1 Å². The molecular formula is C23H30N6O2. The predicted molar refractivity (Wildman–Crippen MR) is 124 cm³/mol. The summed E-state index contributed by atoms with van der Waals surface area (Å²) in [6.45, 7) is 7.56. The minimum absolute atomic E-state index is 0.153. The number of anilines is 2. The van der Waals surface area contributed by atoms with E-state index in [2.05, 4.69) is 39.2 Å². The van der Waals surface area contributed by atoms with Crippen molar-refractivity contribution < 1.29 is 4.74 Å². The highest BCUT2D eigenvalue weighted by Crippen LogP contribution is 2.23. The van der Waals surface area contributed by atoms with Crippen molar-refractivity contribution in [3.8, 4) is 11.4 Å². The lowest BCUT2D eigenvalue weighted by molar-refractivity contribution is 0.412. The summed E-state index contributed by atoms with van der Waals surface area (Å²) in [4.78, 5) is 17.5. The molecule has 1 fully saturated rings. The van der Waals surface area contributed by atoms with E-state index in [0.29, 0.717) is 0 Å². The highest BCUT2D eigenvalue weighted by Gasteiger charge is 2.19. The Labute approximate surface area is 182 Å². The first-order chi connectivity index (χ1) is 15.0. The summed E-state index contributed by atoms with van der Waals surface area (Å²) in [6, 6.07) is 16.0. The van der Waals surface area contributed by atoms with Crippen molar-refractivity contribution in [2.45, 2.75) is 25.9 Å². The number of hydrogen-bond donors (Lipinski definition) is 1. The molecule has 31 heavy (non-hydrogen) atoms. The minimum Gasteiger partial charge on any atom is -0.497 e. The molecule has 164 valence electrons. The van der Waals surface area contributed by atoms with E-state index in [4.69, 9.17) is 10.5 Å². The molecule has 4 rings (SSSR count). The molecule has 0 saturated carbocycles. The molecule has 1 saturated heterocycles. The molecule has 2 atom stereocenters. The van der Waals surface area contributed by atoms with Crippen LogP contribution in [0.15, 0.2) is 59.7 Å². The van der Waals surface area contributed by atoms with Gasteiger partial charge in [0.1, 0.15) is 12.1 Å². The number of hydrogen-bond acceptors (Lipinski definition) is 6. The Morgan fingerprint density at radius 3 is 1.84 bits per heavy atom. The van der Waals surface area contributed by atoms with Gasteiger partial charge in [0, 0.05) is 43.6 Å². The second-order valence-corrected chi connectivity index (χ2v) is 8.02. The average molecular weight is 423 g/mol. The topological polar surface area (TPSA) is 81.6 Å². The SMILES string of the molecule is COc1ccc(N2CCN(c3ccc(-n4cnn([C@@H](C)[C@H](C)N)c4=O)cc3)CC2)cc1. The van der Waals surface area contributed by atoms with Crippen molar-refractivity contribution >= 4 is 11.4 Å². The van der Waals surface area contributed by atoms with Crippen LogP contribution in [0.4, 0.5) is 11.4 Å². The van der Waals surface area contributed by atoms with Crippen LogP contribution in [-0.4, -0.2) is 53.7 Å². The molecule has 2 aromatic carbocycles. The highest BCUT2D eigenvalue weighted by molar-refractivity contribution is 5.54. The summed E-state index contributed by atoms with van der Waals surface area (Å²) < 4.78 is 8.25. The van der Waals surface area contributed by atoms with Crippen LogP contribution in [-0.2, 0) is 0 Å². The third-order valence-electron chi connectivity index (χ3n) is 6.05. The van der Waals surface area contributed by atoms with Crippen molar-refractivity contribution in [1.82, 2.24) is 14.3 Å². The Kier molecular flexibility index (Phi) is 5.99. The highest BCUT2D eigenvalue weighted by atomic mass is 16.5. The van der Waals surface area contributed by atoms with Gasteiger partial charge >= 0.3 is 5.69 Å². The first-order valence-corrected chi connectivity index (χ1v) is 10.6. The number of rotatable bonds is 6. The lowest BCUT2D eigenvalue weighted by atomic mass is 10.2. The average Bonchev–Trinajstić information content (AvgIpc) is 3.20. The van der Waals surface area contributed by atoms with Gasteiger partial charge in [0.05, 0.1) is 18.8 Å². The van der Waals surface area contributed by atoms with E-state index in [0.717, 1.165) is 43.3 Å². The quantitative estimate of drug-likeness (QED) is 0.656. The Balaban J connectivity index is 1.42. The standard InChI is InChI=1S/C23H30N6O2/c1-17(24)18(2)29-23(30)28(16-25-29)21-6-4-19(5-7-21)26-12-14-27(15-13-26)20-8-10-22(31-3)11-9-20/h4-11,16-18H,12-15,24H2,1-3H3/t17-,18-/m0/s1. The fraction of sp³-hybridized carbons (Fsp3) is 0.391. The van der Waals surface area contributed by atoms with Crippen LogP contribution in [0.1, 0.15) is 19.9 Å². The Bertz CT molecular complexity index is 1050. The van der Waals surface area contributed by atoms with Crippen LogP contribution in [0.25, 0.3) is 5.69 Å². The molecule has 1 aliphatic heterocycles. The van der Waals surface area contributed by atoms with Gasteiger partial charge in [-0.2, -0.15) is 5.10 Å². The lowest BCUT2D eigenvalue weighted by Gasteiger charge is -2.37. The van der Waals surface area contributed by atoms with E-state index in [-0.39, 0.29) is 17.8 Å². The number of benzene rings is 2. The monoisotopic (exact) mass is 422 g/mol. The van der Waals surface area contributed by atoms with Gasteiger partial charge in [0.2, 0.25) is 0 Å². The first-order valence-electron chi connectivity index (χ1n) is 10.6. The molecule has 0 amide bonds. The molecule has 8 nitrogen and oxygen atoms in total. The summed E-state index contributed by atoms with van der Waals surface area (Å²) in [5.41, 5.74) is 8.92. The minimum atomic E-state index is -0.175. The molecule has 1 aromatic heterocycles. The van der Waals surface area contributed by atoms with Crippen LogP contribution in [0.2, 0.25) is 0 Å². The number of nitrogens with two attached hydrogens (primary N) is 1. The maximum Gasteiger partial charge on any atom is 0.350 e. The summed E-state index contributed by atoms with van der Waals surface area (Å²) in [6.07, 6.45) is 1.56.